The van der Waals surface area contributed by atoms with Crippen molar-refractivity contribution in [1.82, 2.24) is 33.8 Å². The van der Waals surface area contributed by atoms with Crippen molar-refractivity contribution in [3.8, 4) is 16.9 Å². The number of halogens is 1. The molecular weight excluding hydrogens is 541 g/mol. The molecule has 0 radical (unpaired) electrons. The summed E-state index contributed by atoms with van der Waals surface area (Å²) in [6.45, 7) is 10.6. The predicted octanol–water partition coefficient (Wildman–Crippen LogP) is 7.00. The van der Waals surface area contributed by atoms with Gasteiger partial charge in [0.15, 0.2) is 0 Å². The molecule has 0 N–H and O–H groups in total. The van der Waals surface area contributed by atoms with Crippen molar-refractivity contribution in [2.45, 2.75) is 53.3 Å². The number of rotatable bonds is 7. The average Bonchev–Trinajstić information content (AvgIpc) is 3.65. The van der Waals surface area contributed by atoms with Gasteiger partial charge < -0.3 is 9.30 Å². The zero-order chi connectivity index (χ0) is 30.6. The van der Waals surface area contributed by atoms with Gasteiger partial charge in [-0.05, 0) is 62.1 Å². The van der Waals surface area contributed by atoms with E-state index in [2.05, 4.69) is 51.0 Å². The molecule has 0 aliphatic heterocycles. The number of amides is 1. The molecule has 0 fully saturated rings. The molecule has 0 unspecified atom stereocenters. The molecule has 0 saturated heterocycles. The number of aryl methyl sites for hydroxylation is 2. The summed E-state index contributed by atoms with van der Waals surface area (Å²) in [7, 11) is 3.39. The van der Waals surface area contributed by atoms with Crippen molar-refractivity contribution in [3.63, 3.8) is 0 Å². The Kier molecular flexibility index (Phi) is 7.12. The lowest BCUT2D eigenvalue weighted by molar-refractivity contribution is 0.0827. The highest BCUT2D eigenvalue weighted by Gasteiger charge is 2.23. The van der Waals surface area contributed by atoms with E-state index in [-0.39, 0.29) is 18.4 Å². The molecule has 6 aromatic rings. The molecule has 9 heteroatoms. The van der Waals surface area contributed by atoms with Crippen molar-refractivity contribution in [3.05, 3.63) is 101 Å². The van der Waals surface area contributed by atoms with E-state index in [0.717, 1.165) is 56.0 Å². The van der Waals surface area contributed by atoms with Crippen LogP contribution >= 0.6 is 0 Å². The van der Waals surface area contributed by atoms with Crippen LogP contribution in [0.3, 0.4) is 0 Å². The van der Waals surface area contributed by atoms with Crippen LogP contribution in [0.1, 0.15) is 64.4 Å². The van der Waals surface area contributed by atoms with Crippen molar-refractivity contribution in [1.29, 1.82) is 0 Å². The fourth-order valence-corrected chi connectivity index (χ4v) is 5.86. The van der Waals surface area contributed by atoms with E-state index in [0.29, 0.717) is 11.1 Å². The van der Waals surface area contributed by atoms with Crippen LogP contribution in [0.5, 0.6) is 0 Å². The summed E-state index contributed by atoms with van der Waals surface area (Å²) in [6, 6.07) is 14.8. The van der Waals surface area contributed by atoms with Gasteiger partial charge in [0, 0.05) is 60.5 Å². The maximum atomic E-state index is 15.5. The highest BCUT2D eigenvalue weighted by Crippen LogP contribution is 2.37. The number of carbonyl (C=O) groups is 1. The Morgan fingerprint density at radius 3 is 2.42 bits per heavy atom. The van der Waals surface area contributed by atoms with E-state index in [4.69, 9.17) is 10.2 Å². The maximum absolute atomic E-state index is 15.5. The van der Waals surface area contributed by atoms with Crippen LogP contribution in [0.25, 0.3) is 33.5 Å². The summed E-state index contributed by atoms with van der Waals surface area (Å²) in [6.07, 6.45) is 4.73. The van der Waals surface area contributed by atoms with Gasteiger partial charge in [-0.3, -0.25) is 9.48 Å². The summed E-state index contributed by atoms with van der Waals surface area (Å²) in [5.74, 6) is 0.116. The number of fused-ring (bicyclic) bond motifs is 2. The lowest BCUT2D eigenvalue weighted by Gasteiger charge is -2.12. The van der Waals surface area contributed by atoms with Crippen molar-refractivity contribution in [2.24, 2.45) is 0 Å². The van der Waals surface area contributed by atoms with E-state index in [9.17, 15) is 4.79 Å². The number of benzene rings is 2. The highest BCUT2D eigenvalue weighted by atomic mass is 19.1. The van der Waals surface area contributed by atoms with Gasteiger partial charge in [0.05, 0.1) is 29.1 Å². The molecule has 0 saturated carbocycles. The monoisotopic (exact) mass is 577 g/mol. The van der Waals surface area contributed by atoms with Crippen LogP contribution in [0.2, 0.25) is 0 Å². The fourth-order valence-electron chi connectivity index (χ4n) is 5.86. The van der Waals surface area contributed by atoms with Gasteiger partial charge in [-0.2, -0.15) is 10.2 Å². The Labute approximate surface area is 250 Å². The summed E-state index contributed by atoms with van der Waals surface area (Å²) in [5.41, 5.74) is 9.89. The van der Waals surface area contributed by atoms with Gasteiger partial charge >= 0.3 is 0 Å². The van der Waals surface area contributed by atoms with Gasteiger partial charge in [0.25, 0.3) is 5.91 Å². The molecule has 1 atom stereocenters. The molecule has 0 bridgehead atoms. The van der Waals surface area contributed by atoms with Crippen LogP contribution in [-0.2, 0) is 6.54 Å². The number of hydrogen-bond acceptors (Lipinski definition) is 4. The zero-order valence-corrected chi connectivity index (χ0v) is 25.6. The van der Waals surface area contributed by atoms with Crippen LogP contribution in [-0.4, -0.2) is 53.8 Å². The first-order chi connectivity index (χ1) is 20.5. The lowest BCUT2D eigenvalue weighted by Crippen LogP contribution is -2.21. The molecule has 0 spiro atoms. The first-order valence-electron chi connectivity index (χ1n) is 14.5. The van der Waals surface area contributed by atoms with Crippen molar-refractivity contribution >= 4 is 22.5 Å². The summed E-state index contributed by atoms with van der Waals surface area (Å²) >= 11 is 0. The Hall–Kier alpha value is -4.79. The number of hydrogen-bond donors (Lipinski definition) is 0. The van der Waals surface area contributed by atoms with E-state index in [1.807, 2.05) is 40.5 Å². The highest BCUT2D eigenvalue weighted by molar-refractivity contribution is 5.95. The first-order valence-corrected chi connectivity index (χ1v) is 14.5. The lowest BCUT2D eigenvalue weighted by atomic mass is 9.95. The maximum Gasteiger partial charge on any atom is 0.253 e. The van der Waals surface area contributed by atoms with Crippen molar-refractivity contribution < 1.29 is 9.18 Å². The van der Waals surface area contributed by atoms with Gasteiger partial charge in [-0.25, -0.2) is 14.1 Å². The largest absolute Gasteiger partial charge is 0.345 e. The third-order valence-corrected chi connectivity index (χ3v) is 7.99. The smallest absolute Gasteiger partial charge is 0.253 e. The Bertz CT molecular complexity index is 1980. The fraction of sp³-hybridized carbons (Fsp3) is 0.294. The van der Waals surface area contributed by atoms with Crippen LogP contribution < -0.4 is 0 Å². The topological polar surface area (TPSA) is 73.2 Å². The second kappa shape index (κ2) is 10.8. The zero-order valence-electron chi connectivity index (χ0n) is 25.6. The second-order valence-corrected chi connectivity index (χ2v) is 11.8. The number of alkyl halides is 1. The van der Waals surface area contributed by atoms with E-state index >= 15 is 4.39 Å². The molecule has 4 heterocycles. The van der Waals surface area contributed by atoms with Gasteiger partial charge in [-0.1, -0.05) is 38.1 Å². The first kappa shape index (κ1) is 28.3. The van der Waals surface area contributed by atoms with Gasteiger partial charge in [0.2, 0.25) is 0 Å². The molecule has 220 valence electrons. The van der Waals surface area contributed by atoms with Gasteiger partial charge in [0.1, 0.15) is 11.8 Å². The minimum Gasteiger partial charge on any atom is -0.345 e. The molecule has 43 heavy (non-hydrogen) atoms. The molecule has 4 aromatic heterocycles. The molecule has 1 amide bonds. The third-order valence-electron chi connectivity index (χ3n) is 7.99. The summed E-state index contributed by atoms with van der Waals surface area (Å²) in [4.78, 5) is 18.3. The predicted molar refractivity (Wildman–Crippen MR) is 168 cm³/mol. The molecule has 0 aliphatic rings. The minimum absolute atomic E-state index is 0.0587. The Balaban J connectivity index is 1.37. The second-order valence-electron chi connectivity index (χ2n) is 11.8. The van der Waals surface area contributed by atoms with Crippen LogP contribution in [0.15, 0.2) is 67.1 Å². The van der Waals surface area contributed by atoms with Gasteiger partial charge in [-0.15, -0.1) is 0 Å². The SMILES string of the molecule is Cc1cn2cc(-n3nc(-c4cccc5nn(C[C@H](F)c6ccc(C(=O)N(C)C)cc6)cc45)c(C(C)C)c3C)c(C)cc2n1. The summed E-state index contributed by atoms with van der Waals surface area (Å²) < 4.78 is 21.2. The van der Waals surface area contributed by atoms with Crippen molar-refractivity contribution in [2.75, 3.05) is 14.1 Å². The summed E-state index contributed by atoms with van der Waals surface area (Å²) in [5, 5.41) is 10.8. The Morgan fingerprint density at radius 1 is 0.977 bits per heavy atom. The number of pyridine rings is 1. The minimum atomic E-state index is -1.28. The number of nitrogens with zero attached hydrogens (tertiary/aromatic N) is 7. The van der Waals surface area contributed by atoms with Crippen LogP contribution in [0, 0.1) is 20.8 Å². The van der Waals surface area contributed by atoms with E-state index in [1.165, 1.54) is 4.90 Å². The molecule has 2 aromatic carbocycles. The standard InChI is InChI=1S/C34H36FN7O/c1-20(2)32-23(5)42(30-19-40-16-22(4)36-31(40)15-21(30)3)38-33(32)26-9-8-10-29-27(26)17-41(37-29)18-28(35)24-11-13-25(14-12-24)34(43)39(6)7/h8-17,19-20,28H,18H2,1-7H3/t28-/m0/s1. The number of carbonyl (C=O) groups excluding carboxylic acids is 1. The Morgan fingerprint density at radius 2 is 1.72 bits per heavy atom. The third kappa shape index (κ3) is 5.09. The van der Waals surface area contributed by atoms with E-state index < -0.39 is 6.17 Å². The molecule has 8 nitrogen and oxygen atoms in total. The molecule has 0 aliphatic carbocycles. The normalized spacial score (nSPS) is 12.5. The molecular formula is C34H36FN7O. The van der Waals surface area contributed by atoms with E-state index in [1.54, 1.807) is 43.0 Å². The quantitative estimate of drug-likeness (QED) is 0.205. The van der Waals surface area contributed by atoms with Crippen LogP contribution in [0.4, 0.5) is 4.39 Å². The number of aromatic nitrogens is 6. The average molecular weight is 578 g/mol. The number of imidazole rings is 1. The molecule has 6 rings (SSSR count).